The Bertz CT molecular complexity index is 1050. The highest BCUT2D eigenvalue weighted by atomic mass is 16.6. The number of nitrogens with one attached hydrogen (secondary N) is 2. The number of benzene rings is 1. The average molecular weight is 418 g/mol. The zero-order chi connectivity index (χ0) is 22.1. The van der Waals surface area contributed by atoms with Gasteiger partial charge in [0.15, 0.2) is 0 Å². The van der Waals surface area contributed by atoms with E-state index in [9.17, 15) is 19.2 Å². The second-order valence-corrected chi connectivity index (χ2v) is 8.11. The molecule has 30 heavy (non-hydrogen) atoms. The van der Waals surface area contributed by atoms with E-state index in [1.165, 1.54) is 9.13 Å². The van der Waals surface area contributed by atoms with Gasteiger partial charge in [0.05, 0.1) is 17.6 Å². The fourth-order valence-electron chi connectivity index (χ4n) is 3.30. The number of fused-ring (bicyclic) bond motifs is 1. The summed E-state index contributed by atoms with van der Waals surface area (Å²) < 4.78 is 13.7. The molecule has 1 saturated heterocycles. The van der Waals surface area contributed by atoms with Gasteiger partial charge in [-0.3, -0.25) is 24.0 Å². The highest BCUT2D eigenvalue weighted by Gasteiger charge is 2.31. The maximum Gasteiger partial charge on any atom is 0.407 e. The van der Waals surface area contributed by atoms with Gasteiger partial charge < -0.3 is 14.8 Å². The first-order chi connectivity index (χ1) is 14.1. The Kier molecular flexibility index (Phi) is 5.86. The Morgan fingerprint density at radius 2 is 1.97 bits per heavy atom. The van der Waals surface area contributed by atoms with Crippen molar-refractivity contribution in [3.63, 3.8) is 0 Å². The van der Waals surface area contributed by atoms with Crippen LogP contribution < -0.4 is 21.1 Å². The summed E-state index contributed by atoms with van der Waals surface area (Å²) >= 11 is 0. The molecule has 1 aliphatic rings. The molecule has 2 heterocycles. The molecule has 0 radical (unpaired) electrons. The molecular weight excluding hydrogens is 392 g/mol. The number of amides is 3. The average Bonchev–Trinajstić information content (AvgIpc) is 2.88. The molecule has 1 fully saturated rings. The summed E-state index contributed by atoms with van der Waals surface area (Å²) in [7, 11) is 1.61. The van der Waals surface area contributed by atoms with Crippen molar-refractivity contribution < 1.29 is 23.9 Å². The van der Waals surface area contributed by atoms with Crippen molar-refractivity contribution in [1.82, 2.24) is 19.8 Å². The molecule has 1 atom stereocenters. The predicted octanol–water partition coefficient (Wildman–Crippen LogP) is 1.22. The largest absolute Gasteiger partial charge is 0.492 e. The highest BCUT2D eigenvalue weighted by molar-refractivity contribution is 6.00. The number of alkyl carbamates (subject to hydrolysis) is 1. The molecule has 10 heteroatoms. The Morgan fingerprint density at radius 3 is 2.63 bits per heavy atom. The lowest BCUT2D eigenvalue weighted by molar-refractivity contribution is -0.135. The smallest absolute Gasteiger partial charge is 0.407 e. The second-order valence-electron chi connectivity index (χ2n) is 8.11. The first-order valence-corrected chi connectivity index (χ1v) is 9.71. The molecule has 1 aromatic carbocycles. The van der Waals surface area contributed by atoms with Crippen LogP contribution in [0.3, 0.4) is 0 Å². The van der Waals surface area contributed by atoms with E-state index in [4.69, 9.17) is 9.47 Å². The molecule has 0 saturated carbocycles. The summed E-state index contributed by atoms with van der Waals surface area (Å²) in [4.78, 5) is 48.0. The number of carbonyl (C=O) groups excluding carboxylic acids is 3. The molecule has 3 amide bonds. The number of carbonyl (C=O) groups is 3. The third-order valence-electron chi connectivity index (χ3n) is 4.62. The van der Waals surface area contributed by atoms with Crippen molar-refractivity contribution in [3.8, 4) is 5.75 Å². The third-order valence-corrected chi connectivity index (χ3v) is 4.62. The molecule has 1 aliphatic heterocycles. The number of imide groups is 1. The number of ether oxygens (including phenoxy) is 2. The SMILES string of the molecule is Cn1c(=O)n(C2CCC(=O)NC2=O)c2ccc(OCCNC(=O)OC(C)(C)C)cc21. The summed E-state index contributed by atoms with van der Waals surface area (Å²) in [5, 5.41) is 4.89. The van der Waals surface area contributed by atoms with E-state index in [1.54, 1.807) is 46.0 Å². The molecule has 2 aromatic rings. The van der Waals surface area contributed by atoms with Crippen LogP contribution in [-0.4, -0.2) is 45.8 Å². The normalized spacial score (nSPS) is 17.0. The molecule has 0 spiro atoms. The van der Waals surface area contributed by atoms with Gasteiger partial charge in [-0.05, 0) is 39.3 Å². The van der Waals surface area contributed by atoms with Crippen molar-refractivity contribution in [1.29, 1.82) is 0 Å². The van der Waals surface area contributed by atoms with Crippen LogP contribution >= 0.6 is 0 Å². The van der Waals surface area contributed by atoms with Crippen LogP contribution in [0.15, 0.2) is 23.0 Å². The van der Waals surface area contributed by atoms with Crippen molar-refractivity contribution in [2.45, 2.75) is 45.3 Å². The number of nitrogens with zero attached hydrogens (tertiary/aromatic N) is 2. The Labute approximate surface area is 173 Å². The second kappa shape index (κ2) is 8.21. The van der Waals surface area contributed by atoms with Crippen molar-refractivity contribution >= 4 is 28.9 Å². The lowest BCUT2D eigenvalue weighted by Gasteiger charge is -2.21. The van der Waals surface area contributed by atoms with Gasteiger partial charge in [-0.2, -0.15) is 0 Å². The minimum Gasteiger partial charge on any atom is -0.492 e. The maximum atomic E-state index is 12.7. The molecule has 1 aromatic heterocycles. The van der Waals surface area contributed by atoms with Gasteiger partial charge in [-0.1, -0.05) is 0 Å². The standard InChI is InChI=1S/C20H26N4O6/c1-20(2,3)30-18(27)21-9-10-29-12-5-6-13-15(11-12)23(4)19(28)24(13)14-7-8-16(25)22-17(14)26/h5-6,11,14H,7-10H2,1-4H3,(H,21,27)(H,22,25,26). The topological polar surface area (TPSA) is 121 Å². The Balaban J connectivity index is 1.71. The molecular formula is C20H26N4O6. The van der Waals surface area contributed by atoms with E-state index in [-0.39, 0.29) is 37.6 Å². The summed E-state index contributed by atoms with van der Waals surface area (Å²) in [5.41, 5.74) is 0.262. The number of aryl methyl sites for hydroxylation is 1. The van der Waals surface area contributed by atoms with E-state index in [2.05, 4.69) is 10.6 Å². The zero-order valence-corrected chi connectivity index (χ0v) is 17.5. The zero-order valence-electron chi connectivity index (χ0n) is 17.5. The summed E-state index contributed by atoms with van der Waals surface area (Å²) in [5.74, 6) is -0.292. The first-order valence-electron chi connectivity index (χ1n) is 9.71. The number of piperidine rings is 1. The number of aromatic nitrogens is 2. The number of hydrogen-bond acceptors (Lipinski definition) is 6. The van der Waals surface area contributed by atoms with E-state index in [1.807, 2.05) is 0 Å². The Hall–Kier alpha value is -3.30. The van der Waals surface area contributed by atoms with E-state index in [0.29, 0.717) is 16.8 Å². The summed E-state index contributed by atoms with van der Waals surface area (Å²) in [6, 6.07) is 4.37. The fraction of sp³-hybridized carbons (Fsp3) is 0.500. The molecule has 2 N–H and O–H groups in total. The van der Waals surface area contributed by atoms with Gasteiger partial charge in [0.25, 0.3) is 0 Å². The van der Waals surface area contributed by atoms with E-state index < -0.39 is 23.6 Å². The number of rotatable bonds is 5. The number of imidazole rings is 1. The molecule has 10 nitrogen and oxygen atoms in total. The lowest BCUT2D eigenvalue weighted by atomic mass is 10.1. The van der Waals surface area contributed by atoms with Crippen molar-refractivity contribution in [3.05, 3.63) is 28.7 Å². The molecule has 162 valence electrons. The third kappa shape index (κ3) is 4.64. The molecule has 1 unspecified atom stereocenters. The first kappa shape index (κ1) is 21.4. The monoisotopic (exact) mass is 418 g/mol. The van der Waals surface area contributed by atoms with Crippen molar-refractivity contribution in [2.24, 2.45) is 7.05 Å². The van der Waals surface area contributed by atoms with Gasteiger partial charge in [0, 0.05) is 19.5 Å². The van der Waals surface area contributed by atoms with Crippen LogP contribution in [0.1, 0.15) is 39.7 Å². The minimum atomic E-state index is -0.733. The van der Waals surface area contributed by atoms with Gasteiger partial charge in [-0.15, -0.1) is 0 Å². The summed E-state index contributed by atoms with van der Waals surface area (Å²) in [6.07, 6.45) is -0.0612. The van der Waals surface area contributed by atoms with Gasteiger partial charge in [0.2, 0.25) is 11.8 Å². The maximum absolute atomic E-state index is 12.7. The lowest BCUT2D eigenvalue weighted by Crippen LogP contribution is -2.44. The predicted molar refractivity (Wildman–Crippen MR) is 108 cm³/mol. The molecule has 3 rings (SSSR count). The number of hydrogen-bond donors (Lipinski definition) is 2. The van der Waals surface area contributed by atoms with Gasteiger partial charge in [-0.25, -0.2) is 9.59 Å². The van der Waals surface area contributed by atoms with Crippen LogP contribution in [0.2, 0.25) is 0 Å². The van der Waals surface area contributed by atoms with Gasteiger partial charge >= 0.3 is 11.8 Å². The Morgan fingerprint density at radius 1 is 1.23 bits per heavy atom. The van der Waals surface area contributed by atoms with Crippen LogP contribution in [0.5, 0.6) is 5.75 Å². The fourth-order valence-corrected chi connectivity index (χ4v) is 3.30. The summed E-state index contributed by atoms with van der Waals surface area (Å²) in [6.45, 7) is 5.81. The van der Waals surface area contributed by atoms with Crippen LogP contribution in [-0.2, 0) is 21.4 Å². The van der Waals surface area contributed by atoms with E-state index >= 15 is 0 Å². The quantitative estimate of drug-likeness (QED) is 0.556. The minimum absolute atomic E-state index is 0.186. The van der Waals surface area contributed by atoms with Crippen LogP contribution in [0.4, 0.5) is 4.79 Å². The molecule has 0 aliphatic carbocycles. The van der Waals surface area contributed by atoms with Crippen LogP contribution in [0.25, 0.3) is 11.0 Å². The molecule has 0 bridgehead atoms. The van der Waals surface area contributed by atoms with Gasteiger partial charge in [0.1, 0.15) is 24.0 Å². The van der Waals surface area contributed by atoms with Crippen LogP contribution in [0, 0.1) is 0 Å². The van der Waals surface area contributed by atoms with Crippen molar-refractivity contribution in [2.75, 3.05) is 13.2 Å². The highest BCUT2D eigenvalue weighted by Crippen LogP contribution is 2.25. The van der Waals surface area contributed by atoms with E-state index in [0.717, 1.165) is 0 Å².